The third-order valence-corrected chi connectivity index (χ3v) is 3.23. The minimum absolute atomic E-state index is 0.197. The number of fused-ring (bicyclic) bond motifs is 1. The lowest BCUT2D eigenvalue weighted by Crippen LogP contribution is -1.96. The number of pyridine rings is 1. The van der Waals surface area contributed by atoms with Gasteiger partial charge in [-0.1, -0.05) is 6.07 Å². The SMILES string of the molecule is Nc1ncc(Br)cc1-c1ccc2c(c1)C=NC2=O. The van der Waals surface area contributed by atoms with Crippen molar-refractivity contribution in [3.8, 4) is 11.1 Å². The van der Waals surface area contributed by atoms with Gasteiger partial charge in [0.1, 0.15) is 5.82 Å². The molecule has 0 unspecified atom stereocenters. The lowest BCUT2D eigenvalue weighted by atomic mass is 10.0. The fourth-order valence-corrected chi connectivity index (χ4v) is 2.24. The van der Waals surface area contributed by atoms with Crippen molar-refractivity contribution >= 4 is 33.9 Å². The van der Waals surface area contributed by atoms with E-state index in [9.17, 15) is 4.79 Å². The minimum atomic E-state index is -0.197. The van der Waals surface area contributed by atoms with Crippen LogP contribution in [0.2, 0.25) is 0 Å². The molecule has 0 fully saturated rings. The van der Waals surface area contributed by atoms with Gasteiger partial charge in [-0.25, -0.2) is 9.98 Å². The van der Waals surface area contributed by atoms with E-state index in [0.717, 1.165) is 21.2 Å². The first kappa shape index (κ1) is 11.1. The Morgan fingerprint density at radius 1 is 1.17 bits per heavy atom. The number of benzene rings is 1. The largest absolute Gasteiger partial charge is 0.383 e. The van der Waals surface area contributed by atoms with Crippen molar-refractivity contribution in [3.63, 3.8) is 0 Å². The quantitative estimate of drug-likeness (QED) is 0.880. The lowest BCUT2D eigenvalue weighted by molar-refractivity contribution is 0.101. The van der Waals surface area contributed by atoms with E-state index in [0.29, 0.717) is 11.4 Å². The summed E-state index contributed by atoms with van der Waals surface area (Å²) in [6.45, 7) is 0. The summed E-state index contributed by atoms with van der Waals surface area (Å²) in [7, 11) is 0. The van der Waals surface area contributed by atoms with Gasteiger partial charge in [0, 0.05) is 28.0 Å². The van der Waals surface area contributed by atoms with Gasteiger partial charge in [0.05, 0.1) is 5.56 Å². The zero-order valence-electron chi connectivity index (χ0n) is 9.22. The summed E-state index contributed by atoms with van der Waals surface area (Å²) in [5.74, 6) is 0.260. The Labute approximate surface area is 112 Å². The van der Waals surface area contributed by atoms with E-state index in [4.69, 9.17) is 5.73 Å². The Kier molecular flexibility index (Phi) is 2.48. The first-order valence-corrected chi connectivity index (χ1v) is 6.08. The molecule has 3 rings (SSSR count). The zero-order valence-corrected chi connectivity index (χ0v) is 10.8. The molecule has 0 saturated carbocycles. The monoisotopic (exact) mass is 301 g/mol. The molecule has 0 aliphatic carbocycles. The van der Waals surface area contributed by atoms with Gasteiger partial charge in [0.25, 0.3) is 5.91 Å². The van der Waals surface area contributed by atoms with Crippen molar-refractivity contribution in [2.75, 3.05) is 5.73 Å². The zero-order chi connectivity index (χ0) is 12.7. The first-order valence-electron chi connectivity index (χ1n) is 5.29. The number of nitrogens with zero attached hydrogens (tertiary/aromatic N) is 2. The minimum Gasteiger partial charge on any atom is -0.383 e. The number of carbonyl (C=O) groups is 1. The standard InChI is InChI=1S/C13H8BrN3O/c14-9-4-11(12(15)16-6-9)7-1-2-10-8(3-7)5-17-13(10)18/h1-6H,(H2,15,16). The van der Waals surface area contributed by atoms with Crippen LogP contribution in [-0.2, 0) is 0 Å². The van der Waals surface area contributed by atoms with Gasteiger partial charge in [0.15, 0.2) is 0 Å². The molecule has 0 radical (unpaired) electrons. The molecule has 5 heteroatoms. The van der Waals surface area contributed by atoms with Gasteiger partial charge < -0.3 is 5.73 Å². The lowest BCUT2D eigenvalue weighted by Gasteiger charge is -2.06. The number of amides is 1. The Balaban J connectivity index is 2.16. The molecule has 0 spiro atoms. The Hall–Kier alpha value is -2.01. The Morgan fingerprint density at radius 2 is 2.00 bits per heavy atom. The number of halogens is 1. The molecular weight excluding hydrogens is 294 g/mol. The van der Waals surface area contributed by atoms with Crippen LogP contribution in [0.5, 0.6) is 0 Å². The van der Waals surface area contributed by atoms with Gasteiger partial charge >= 0.3 is 0 Å². The second-order valence-corrected chi connectivity index (χ2v) is 4.87. The van der Waals surface area contributed by atoms with E-state index in [1.807, 2.05) is 18.2 Å². The highest BCUT2D eigenvalue weighted by Gasteiger charge is 2.16. The van der Waals surface area contributed by atoms with Crippen molar-refractivity contribution in [1.29, 1.82) is 0 Å². The van der Waals surface area contributed by atoms with E-state index < -0.39 is 0 Å². The van der Waals surface area contributed by atoms with E-state index in [2.05, 4.69) is 25.9 Å². The van der Waals surface area contributed by atoms with Crippen LogP contribution in [0.3, 0.4) is 0 Å². The predicted octanol–water partition coefficient (Wildman–Crippen LogP) is 2.67. The molecule has 0 atom stereocenters. The third kappa shape index (κ3) is 1.73. The highest BCUT2D eigenvalue weighted by Crippen LogP contribution is 2.29. The maximum Gasteiger partial charge on any atom is 0.277 e. The molecule has 0 saturated heterocycles. The number of nitrogens with two attached hydrogens (primary N) is 1. The molecule has 88 valence electrons. The number of hydrogen-bond acceptors (Lipinski definition) is 3. The van der Waals surface area contributed by atoms with Crippen molar-refractivity contribution < 1.29 is 4.79 Å². The summed E-state index contributed by atoms with van der Waals surface area (Å²) in [6.07, 6.45) is 3.22. The van der Waals surface area contributed by atoms with Crippen molar-refractivity contribution in [1.82, 2.24) is 4.98 Å². The van der Waals surface area contributed by atoms with Crippen LogP contribution in [0.1, 0.15) is 15.9 Å². The molecule has 2 aromatic rings. The normalized spacial score (nSPS) is 12.8. The fourth-order valence-electron chi connectivity index (χ4n) is 1.91. The molecule has 1 aromatic carbocycles. The topological polar surface area (TPSA) is 68.3 Å². The molecular formula is C13H8BrN3O. The summed E-state index contributed by atoms with van der Waals surface area (Å²) < 4.78 is 0.858. The predicted molar refractivity (Wildman–Crippen MR) is 73.7 cm³/mol. The average Bonchev–Trinajstić information content (AvgIpc) is 2.74. The second kappa shape index (κ2) is 4.03. The fraction of sp³-hybridized carbons (Fsp3) is 0. The molecule has 4 nitrogen and oxygen atoms in total. The van der Waals surface area contributed by atoms with Gasteiger partial charge in [-0.2, -0.15) is 0 Å². The molecule has 1 aliphatic heterocycles. The van der Waals surface area contributed by atoms with Crippen molar-refractivity contribution in [2.24, 2.45) is 4.99 Å². The number of aliphatic imine (C=N–C) groups is 1. The smallest absolute Gasteiger partial charge is 0.277 e. The van der Waals surface area contributed by atoms with Gasteiger partial charge in [-0.05, 0) is 39.7 Å². The summed E-state index contributed by atoms with van der Waals surface area (Å²) in [5, 5.41) is 0. The molecule has 2 heterocycles. The van der Waals surface area contributed by atoms with E-state index in [1.165, 1.54) is 0 Å². The van der Waals surface area contributed by atoms with Crippen LogP contribution in [0.25, 0.3) is 11.1 Å². The third-order valence-electron chi connectivity index (χ3n) is 2.80. The molecule has 18 heavy (non-hydrogen) atoms. The van der Waals surface area contributed by atoms with E-state index >= 15 is 0 Å². The van der Waals surface area contributed by atoms with Crippen LogP contribution >= 0.6 is 15.9 Å². The number of anilines is 1. The highest BCUT2D eigenvalue weighted by molar-refractivity contribution is 9.10. The van der Waals surface area contributed by atoms with Crippen LogP contribution in [0.15, 0.2) is 39.9 Å². The maximum atomic E-state index is 11.4. The number of nitrogen functional groups attached to an aromatic ring is 1. The number of carbonyl (C=O) groups excluding carboxylic acids is 1. The number of rotatable bonds is 1. The highest BCUT2D eigenvalue weighted by atomic mass is 79.9. The first-order chi connectivity index (χ1) is 8.65. The van der Waals surface area contributed by atoms with E-state index in [-0.39, 0.29) is 5.91 Å². The van der Waals surface area contributed by atoms with Gasteiger partial charge in [-0.3, -0.25) is 4.79 Å². The maximum absolute atomic E-state index is 11.4. The summed E-state index contributed by atoms with van der Waals surface area (Å²) in [6, 6.07) is 7.41. The van der Waals surface area contributed by atoms with Crippen molar-refractivity contribution in [2.45, 2.75) is 0 Å². The van der Waals surface area contributed by atoms with Gasteiger partial charge in [0.2, 0.25) is 0 Å². The van der Waals surface area contributed by atoms with Crippen LogP contribution in [0, 0.1) is 0 Å². The molecule has 1 amide bonds. The van der Waals surface area contributed by atoms with Crippen LogP contribution < -0.4 is 5.73 Å². The summed E-state index contributed by atoms with van der Waals surface area (Å²) in [4.78, 5) is 19.2. The van der Waals surface area contributed by atoms with Gasteiger partial charge in [-0.15, -0.1) is 0 Å². The average molecular weight is 302 g/mol. The Bertz CT molecular complexity index is 695. The summed E-state index contributed by atoms with van der Waals surface area (Å²) >= 11 is 3.37. The molecule has 1 aromatic heterocycles. The molecule has 2 N–H and O–H groups in total. The number of hydrogen-bond donors (Lipinski definition) is 1. The van der Waals surface area contributed by atoms with Crippen molar-refractivity contribution in [3.05, 3.63) is 46.1 Å². The van der Waals surface area contributed by atoms with E-state index in [1.54, 1.807) is 18.5 Å². The van der Waals surface area contributed by atoms with Crippen LogP contribution in [0.4, 0.5) is 5.82 Å². The molecule has 0 bridgehead atoms. The summed E-state index contributed by atoms with van der Waals surface area (Å²) in [5.41, 5.74) is 9.05. The van der Waals surface area contributed by atoms with Crippen LogP contribution in [-0.4, -0.2) is 17.1 Å². The Morgan fingerprint density at radius 3 is 2.83 bits per heavy atom. The number of aromatic nitrogens is 1. The molecule has 1 aliphatic rings. The second-order valence-electron chi connectivity index (χ2n) is 3.95.